The molecular formula is C20H30N2O2. The first-order valence-corrected chi connectivity index (χ1v) is 9.39. The van der Waals surface area contributed by atoms with Gasteiger partial charge in [-0.3, -0.25) is 9.69 Å². The van der Waals surface area contributed by atoms with Gasteiger partial charge in [-0.15, -0.1) is 0 Å². The second kappa shape index (κ2) is 8.13. The van der Waals surface area contributed by atoms with Crippen LogP contribution in [0.4, 0.5) is 0 Å². The van der Waals surface area contributed by atoms with E-state index < -0.39 is 0 Å². The number of benzene rings is 1. The van der Waals surface area contributed by atoms with Crippen molar-refractivity contribution in [2.45, 2.75) is 45.1 Å². The highest BCUT2D eigenvalue weighted by molar-refractivity contribution is 5.78. The maximum Gasteiger partial charge on any atom is 0.236 e. The summed E-state index contributed by atoms with van der Waals surface area (Å²) in [4.78, 5) is 17.0. The van der Waals surface area contributed by atoms with Gasteiger partial charge in [-0.1, -0.05) is 31.2 Å². The molecule has 4 nitrogen and oxygen atoms in total. The van der Waals surface area contributed by atoms with Gasteiger partial charge in [0.05, 0.1) is 13.2 Å². The fourth-order valence-electron chi connectivity index (χ4n) is 4.11. The molecule has 0 radical (unpaired) electrons. The monoisotopic (exact) mass is 330 g/mol. The fraction of sp³-hybridized carbons (Fsp3) is 0.650. The zero-order valence-corrected chi connectivity index (χ0v) is 14.8. The summed E-state index contributed by atoms with van der Waals surface area (Å²) in [6.45, 7) is 5.12. The number of fused-ring (bicyclic) bond motifs is 1. The molecule has 1 aliphatic carbocycles. The van der Waals surface area contributed by atoms with Gasteiger partial charge < -0.3 is 10.0 Å². The van der Waals surface area contributed by atoms with Crippen LogP contribution in [0.1, 0.15) is 49.8 Å². The quantitative estimate of drug-likeness (QED) is 0.902. The second-order valence-corrected chi connectivity index (χ2v) is 7.36. The minimum absolute atomic E-state index is 0.100. The molecule has 1 N–H and O–H groups in total. The Morgan fingerprint density at radius 1 is 1.25 bits per heavy atom. The van der Waals surface area contributed by atoms with E-state index in [-0.39, 0.29) is 18.6 Å². The van der Waals surface area contributed by atoms with Gasteiger partial charge in [0.25, 0.3) is 0 Å². The van der Waals surface area contributed by atoms with Crippen molar-refractivity contribution >= 4 is 5.91 Å². The number of hydrogen-bond acceptors (Lipinski definition) is 3. The predicted molar refractivity (Wildman–Crippen MR) is 95.8 cm³/mol. The molecule has 1 aliphatic heterocycles. The topological polar surface area (TPSA) is 43.8 Å². The molecule has 1 aromatic rings. The van der Waals surface area contributed by atoms with E-state index >= 15 is 0 Å². The molecule has 0 bridgehead atoms. The zero-order chi connectivity index (χ0) is 16.9. The lowest BCUT2D eigenvalue weighted by Crippen LogP contribution is -2.46. The number of carbonyl (C=O) groups excluding carboxylic acids is 1. The van der Waals surface area contributed by atoms with E-state index in [1.165, 1.54) is 11.1 Å². The van der Waals surface area contributed by atoms with Crippen molar-refractivity contribution in [3.63, 3.8) is 0 Å². The van der Waals surface area contributed by atoms with Crippen molar-refractivity contribution in [3.8, 4) is 0 Å². The van der Waals surface area contributed by atoms with Crippen molar-refractivity contribution in [2.24, 2.45) is 5.92 Å². The maximum atomic E-state index is 12.7. The van der Waals surface area contributed by atoms with Crippen LogP contribution in [0.15, 0.2) is 24.3 Å². The number of amides is 1. The molecule has 2 aliphatic rings. The van der Waals surface area contributed by atoms with Gasteiger partial charge >= 0.3 is 0 Å². The molecule has 1 aromatic carbocycles. The van der Waals surface area contributed by atoms with Crippen molar-refractivity contribution in [3.05, 3.63) is 35.4 Å². The lowest BCUT2D eigenvalue weighted by Gasteiger charge is -2.37. The largest absolute Gasteiger partial charge is 0.395 e. The predicted octanol–water partition coefficient (Wildman–Crippen LogP) is 2.62. The molecule has 1 amide bonds. The summed E-state index contributed by atoms with van der Waals surface area (Å²) in [5, 5.41) is 9.51. The highest BCUT2D eigenvalue weighted by atomic mass is 16.3. The average molecular weight is 330 g/mol. The van der Waals surface area contributed by atoms with Gasteiger partial charge in [0.15, 0.2) is 0 Å². The minimum Gasteiger partial charge on any atom is -0.395 e. The number of carbonyl (C=O) groups is 1. The lowest BCUT2D eigenvalue weighted by atomic mass is 9.86. The number of aliphatic hydroxyl groups is 1. The first-order valence-electron chi connectivity index (χ1n) is 9.39. The number of rotatable bonds is 5. The summed E-state index contributed by atoms with van der Waals surface area (Å²) >= 11 is 0. The van der Waals surface area contributed by atoms with Crippen LogP contribution in [0, 0.1) is 5.92 Å². The van der Waals surface area contributed by atoms with Crippen LogP contribution < -0.4 is 0 Å². The number of aryl methyl sites for hydroxylation is 1. The molecule has 1 atom stereocenters. The van der Waals surface area contributed by atoms with Crippen molar-refractivity contribution in [1.29, 1.82) is 0 Å². The van der Waals surface area contributed by atoms with Gasteiger partial charge in [0, 0.05) is 25.7 Å². The Morgan fingerprint density at radius 3 is 2.75 bits per heavy atom. The number of aliphatic hydroxyl groups excluding tert-OH is 1. The molecular weight excluding hydrogens is 300 g/mol. The normalized spacial score (nSPS) is 21.8. The molecule has 0 saturated carbocycles. The third-order valence-corrected chi connectivity index (χ3v) is 5.64. The Kier molecular flexibility index (Phi) is 5.90. The molecule has 1 saturated heterocycles. The smallest absolute Gasteiger partial charge is 0.236 e. The van der Waals surface area contributed by atoms with Crippen LogP contribution >= 0.6 is 0 Å². The van der Waals surface area contributed by atoms with E-state index in [0.29, 0.717) is 13.1 Å². The van der Waals surface area contributed by atoms with Crippen molar-refractivity contribution in [1.82, 2.24) is 9.80 Å². The summed E-state index contributed by atoms with van der Waals surface area (Å²) in [5.41, 5.74) is 2.74. The lowest BCUT2D eigenvalue weighted by molar-refractivity contribution is -0.134. The van der Waals surface area contributed by atoms with Gasteiger partial charge in [0.2, 0.25) is 5.91 Å². The van der Waals surface area contributed by atoms with Gasteiger partial charge in [-0.05, 0) is 49.1 Å². The summed E-state index contributed by atoms with van der Waals surface area (Å²) in [6.07, 6.45) is 5.56. The Bertz CT molecular complexity index is 552. The van der Waals surface area contributed by atoms with Gasteiger partial charge in [-0.25, -0.2) is 0 Å². The molecule has 0 aromatic heterocycles. The number of hydrogen-bond donors (Lipinski definition) is 1. The molecule has 1 heterocycles. The Labute approximate surface area is 145 Å². The fourth-order valence-corrected chi connectivity index (χ4v) is 4.11. The van der Waals surface area contributed by atoms with Crippen LogP contribution in [0.5, 0.6) is 0 Å². The van der Waals surface area contributed by atoms with E-state index in [2.05, 4.69) is 36.1 Å². The number of nitrogens with zero attached hydrogens (tertiary/aromatic N) is 2. The molecule has 1 fully saturated rings. The summed E-state index contributed by atoms with van der Waals surface area (Å²) in [5.74, 6) is 0.950. The van der Waals surface area contributed by atoms with Crippen LogP contribution in [0.2, 0.25) is 0 Å². The molecule has 1 unspecified atom stereocenters. The average Bonchev–Trinajstić information content (AvgIpc) is 2.61. The SMILES string of the molecule is CC1CCN(C(=O)CN(CCO)C2CCCc3ccccc32)CC1. The highest BCUT2D eigenvalue weighted by Crippen LogP contribution is 2.34. The van der Waals surface area contributed by atoms with Crippen LogP contribution in [0.25, 0.3) is 0 Å². The standard InChI is InChI=1S/C20H30N2O2/c1-16-9-11-21(12-10-16)20(24)15-22(13-14-23)19-8-4-6-17-5-2-3-7-18(17)19/h2-3,5,7,16,19,23H,4,6,8-15H2,1H3. The van der Waals surface area contributed by atoms with Crippen molar-refractivity contribution in [2.75, 3.05) is 32.8 Å². The van der Waals surface area contributed by atoms with Crippen LogP contribution in [-0.2, 0) is 11.2 Å². The molecule has 24 heavy (non-hydrogen) atoms. The molecule has 3 rings (SSSR count). The molecule has 132 valence electrons. The summed E-state index contributed by atoms with van der Waals surface area (Å²) < 4.78 is 0. The third kappa shape index (κ3) is 3.98. The zero-order valence-electron chi connectivity index (χ0n) is 14.8. The number of piperidine rings is 1. The minimum atomic E-state index is 0.100. The van der Waals surface area contributed by atoms with E-state index in [4.69, 9.17) is 0 Å². The Balaban J connectivity index is 1.70. The van der Waals surface area contributed by atoms with Gasteiger partial charge in [0.1, 0.15) is 0 Å². The van der Waals surface area contributed by atoms with Crippen molar-refractivity contribution < 1.29 is 9.90 Å². The Morgan fingerprint density at radius 2 is 2.00 bits per heavy atom. The highest BCUT2D eigenvalue weighted by Gasteiger charge is 2.29. The summed E-state index contributed by atoms with van der Waals surface area (Å²) in [6, 6.07) is 8.83. The summed E-state index contributed by atoms with van der Waals surface area (Å²) in [7, 11) is 0. The first kappa shape index (κ1) is 17.4. The van der Waals surface area contributed by atoms with Gasteiger partial charge in [-0.2, -0.15) is 0 Å². The van der Waals surface area contributed by atoms with E-state index in [1.807, 2.05) is 4.90 Å². The third-order valence-electron chi connectivity index (χ3n) is 5.64. The van der Waals surface area contributed by atoms with Crippen LogP contribution in [0.3, 0.4) is 0 Å². The number of likely N-dealkylation sites (tertiary alicyclic amines) is 1. The molecule has 4 heteroatoms. The van der Waals surface area contributed by atoms with E-state index in [0.717, 1.165) is 51.1 Å². The van der Waals surface area contributed by atoms with E-state index in [1.54, 1.807) is 0 Å². The van der Waals surface area contributed by atoms with Crippen LogP contribution in [-0.4, -0.2) is 53.6 Å². The van der Waals surface area contributed by atoms with E-state index in [9.17, 15) is 9.90 Å². The maximum absolute atomic E-state index is 12.7. The Hall–Kier alpha value is -1.39. The second-order valence-electron chi connectivity index (χ2n) is 7.36. The molecule has 0 spiro atoms. The first-order chi connectivity index (χ1) is 11.7.